The minimum absolute atomic E-state index is 0.212. The molecule has 1 saturated heterocycles. The maximum atomic E-state index is 11.8. The van der Waals surface area contributed by atoms with Gasteiger partial charge in [-0.3, -0.25) is 14.8 Å². The van der Waals surface area contributed by atoms with Crippen LogP contribution in [0.5, 0.6) is 0 Å². The number of rotatable bonds is 6. The normalized spacial score (nSPS) is 14.8. The van der Waals surface area contributed by atoms with E-state index in [2.05, 4.69) is 51.6 Å². The van der Waals surface area contributed by atoms with E-state index in [1.165, 1.54) is 16.5 Å². The molecule has 8 heteroatoms. The molecule has 3 amide bonds. The predicted octanol–water partition coefficient (Wildman–Crippen LogP) is 1.50. The van der Waals surface area contributed by atoms with Gasteiger partial charge in [-0.25, -0.2) is 4.79 Å². The molecule has 1 aromatic carbocycles. The minimum atomic E-state index is -0.324. The van der Waals surface area contributed by atoms with Gasteiger partial charge in [-0.2, -0.15) is 0 Å². The van der Waals surface area contributed by atoms with Crippen LogP contribution in [0.2, 0.25) is 0 Å². The third-order valence-electron chi connectivity index (χ3n) is 4.96. The fourth-order valence-electron chi connectivity index (χ4n) is 3.48. The lowest BCUT2D eigenvalue weighted by atomic mass is 10.1. The average molecular weight is 366 g/mol. The van der Waals surface area contributed by atoms with Gasteiger partial charge in [0.25, 0.3) is 0 Å². The number of aryl methyl sites for hydroxylation is 3. The van der Waals surface area contributed by atoms with Gasteiger partial charge in [0.05, 0.1) is 5.69 Å². The van der Waals surface area contributed by atoms with Crippen molar-refractivity contribution < 1.29 is 9.59 Å². The molecule has 1 N–H and O–H groups in total. The van der Waals surface area contributed by atoms with E-state index in [-0.39, 0.29) is 11.9 Å². The van der Waals surface area contributed by atoms with Crippen LogP contribution in [0.15, 0.2) is 36.7 Å². The summed E-state index contributed by atoms with van der Waals surface area (Å²) in [7, 11) is 2.06. The van der Waals surface area contributed by atoms with Crippen LogP contribution in [0.25, 0.3) is 10.9 Å². The van der Waals surface area contributed by atoms with Gasteiger partial charge in [-0.15, -0.1) is 5.10 Å². The number of carbonyl (C=O) groups is 2. The molecule has 1 aliphatic heterocycles. The summed E-state index contributed by atoms with van der Waals surface area (Å²) in [6, 6.07) is 8.05. The van der Waals surface area contributed by atoms with Crippen molar-refractivity contribution in [3.05, 3.63) is 47.9 Å². The maximum Gasteiger partial charge on any atom is 0.324 e. The summed E-state index contributed by atoms with van der Waals surface area (Å²) in [5, 5.41) is 12.0. The molecule has 0 atom stereocenters. The SMILES string of the molecule is Cn1cc(CCn2cc(CCN3CCC(=O)NC3=O)nn2)c2ccccc21. The molecular formula is C19H22N6O2. The molecule has 4 rings (SSSR count). The van der Waals surface area contributed by atoms with Gasteiger partial charge in [0.2, 0.25) is 5.91 Å². The second-order valence-corrected chi connectivity index (χ2v) is 6.85. The molecule has 140 valence electrons. The molecular weight excluding hydrogens is 344 g/mol. The van der Waals surface area contributed by atoms with Crippen molar-refractivity contribution in [1.29, 1.82) is 0 Å². The average Bonchev–Trinajstić information content (AvgIpc) is 3.24. The van der Waals surface area contributed by atoms with Crippen molar-refractivity contribution in [2.45, 2.75) is 25.8 Å². The van der Waals surface area contributed by atoms with E-state index in [0.717, 1.165) is 18.7 Å². The zero-order chi connectivity index (χ0) is 18.8. The first-order valence-corrected chi connectivity index (χ1v) is 9.11. The lowest BCUT2D eigenvalue weighted by molar-refractivity contribution is -0.121. The third-order valence-corrected chi connectivity index (χ3v) is 4.96. The van der Waals surface area contributed by atoms with Gasteiger partial charge in [-0.05, 0) is 18.1 Å². The molecule has 8 nitrogen and oxygen atoms in total. The molecule has 0 radical (unpaired) electrons. The number of amides is 3. The Morgan fingerprint density at radius 1 is 1.11 bits per heavy atom. The molecule has 3 heterocycles. The molecule has 0 spiro atoms. The number of fused-ring (bicyclic) bond motifs is 1. The van der Waals surface area contributed by atoms with E-state index in [1.807, 2.05) is 16.9 Å². The molecule has 2 aromatic heterocycles. The van der Waals surface area contributed by atoms with Crippen LogP contribution < -0.4 is 5.32 Å². The Hall–Kier alpha value is -3.16. The molecule has 1 fully saturated rings. The summed E-state index contributed by atoms with van der Waals surface area (Å²) in [6.07, 6.45) is 5.94. The second kappa shape index (κ2) is 7.22. The first-order valence-electron chi connectivity index (χ1n) is 9.11. The zero-order valence-corrected chi connectivity index (χ0v) is 15.3. The van der Waals surface area contributed by atoms with Crippen molar-refractivity contribution in [3.63, 3.8) is 0 Å². The van der Waals surface area contributed by atoms with E-state index in [1.54, 1.807) is 4.90 Å². The number of urea groups is 1. The number of hydrogen-bond acceptors (Lipinski definition) is 4. The van der Waals surface area contributed by atoms with Gasteiger partial charge in [0.1, 0.15) is 0 Å². The van der Waals surface area contributed by atoms with Gasteiger partial charge in [-0.1, -0.05) is 23.4 Å². The number of aromatic nitrogens is 4. The summed E-state index contributed by atoms with van der Waals surface area (Å²) in [5.74, 6) is -0.212. The van der Waals surface area contributed by atoms with E-state index in [0.29, 0.717) is 25.9 Å². The van der Waals surface area contributed by atoms with Crippen molar-refractivity contribution in [1.82, 2.24) is 29.8 Å². The number of carbonyl (C=O) groups excluding carboxylic acids is 2. The van der Waals surface area contributed by atoms with E-state index in [9.17, 15) is 9.59 Å². The van der Waals surface area contributed by atoms with Crippen LogP contribution in [0.4, 0.5) is 4.79 Å². The largest absolute Gasteiger partial charge is 0.350 e. The van der Waals surface area contributed by atoms with Crippen LogP contribution in [0.1, 0.15) is 17.7 Å². The summed E-state index contributed by atoms with van der Waals surface area (Å²) in [5.41, 5.74) is 3.36. The number of nitrogens with one attached hydrogen (secondary N) is 1. The fraction of sp³-hybridized carbons (Fsp3) is 0.368. The molecule has 0 aliphatic carbocycles. The quantitative estimate of drug-likeness (QED) is 0.716. The highest BCUT2D eigenvalue weighted by molar-refractivity contribution is 5.96. The van der Waals surface area contributed by atoms with Crippen LogP contribution in [0.3, 0.4) is 0 Å². The molecule has 0 bridgehead atoms. The van der Waals surface area contributed by atoms with Crippen molar-refractivity contribution in [3.8, 4) is 0 Å². The van der Waals surface area contributed by atoms with Crippen LogP contribution in [-0.2, 0) is 31.2 Å². The lowest BCUT2D eigenvalue weighted by Gasteiger charge is -2.25. The Labute approximate surface area is 156 Å². The number of para-hydroxylation sites is 1. The third kappa shape index (κ3) is 3.69. The molecule has 0 unspecified atom stereocenters. The summed E-state index contributed by atoms with van der Waals surface area (Å²) in [4.78, 5) is 24.6. The van der Waals surface area contributed by atoms with Gasteiger partial charge < -0.3 is 9.47 Å². The van der Waals surface area contributed by atoms with Crippen molar-refractivity contribution in [2.24, 2.45) is 7.05 Å². The smallest absolute Gasteiger partial charge is 0.324 e. The summed E-state index contributed by atoms with van der Waals surface area (Å²) >= 11 is 0. The van der Waals surface area contributed by atoms with Crippen LogP contribution >= 0.6 is 0 Å². The number of hydrogen-bond donors (Lipinski definition) is 1. The predicted molar refractivity (Wildman–Crippen MR) is 100 cm³/mol. The maximum absolute atomic E-state index is 11.8. The van der Waals surface area contributed by atoms with E-state index in [4.69, 9.17) is 0 Å². The minimum Gasteiger partial charge on any atom is -0.350 e. The molecule has 1 aliphatic rings. The standard InChI is InChI=1S/C19H22N6O2/c1-23-12-14(16-4-2-3-5-17(16)23)6-11-25-13-15(21-22-25)7-9-24-10-8-18(26)20-19(24)27/h2-5,12-13H,6-11H2,1H3,(H,20,26,27). The van der Waals surface area contributed by atoms with E-state index < -0.39 is 0 Å². The molecule has 0 saturated carbocycles. The molecule has 27 heavy (non-hydrogen) atoms. The van der Waals surface area contributed by atoms with Gasteiger partial charge in [0.15, 0.2) is 0 Å². The highest BCUT2D eigenvalue weighted by Gasteiger charge is 2.22. The number of imide groups is 1. The summed E-state index contributed by atoms with van der Waals surface area (Å²) < 4.78 is 3.99. The first-order chi connectivity index (χ1) is 13.1. The Morgan fingerprint density at radius 3 is 2.81 bits per heavy atom. The number of benzene rings is 1. The van der Waals surface area contributed by atoms with E-state index >= 15 is 0 Å². The number of nitrogens with zero attached hydrogens (tertiary/aromatic N) is 5. The fourth-order valence-corrected chi connectivity index (χ4v) is 3.48. The topological polar surface area (TPSA) is 85.0 Å². The van der Waals surface area contributed by atoms with Crippen molar-refractivity contribution >= 4 is 22.8 Å². The van der Waals surface area contributed by atoms with Gasteiger partial charge >= 0.3 is 6.03 Å². The first kappa shape index (κ1) is 17.3. The van der Waals surface area contributed by atoms with Gasteiger partial charge in [0, 0.05) is 62.8 Å². The Kier molecular flexibility index (Phi) is 4.62. The highest BCUT2D eigenvalue weighted by Crippen LogP contribution is 2.21. The monoisotopic (exact) mass is 366 g/mol. The van der Waals surface area contributed by atoms with Crippen LogP contribution in [-0.4, -0.2) is 49.5 Å². The summed E-state index contributed by atoms with van der Waals surface area (Å²) in [6.45, 7) is 1.74. The highest BCUT2D eigenvalue weighted by atomic mass is 16.2. The zero-order valence-electron chi connectivity index (χ0n) is 15.3. The Balaban J connectivity index is 1.34. The van der Waals surface area contributed by atoms with Crippen LogP contribution in [0, 0.1) is 0 Å². The second-order valence-electron chi connectivity index (χ2n) is 6.85. The van der Waals surface area contributed by atoms with Crippen molar-refractivity contribution in [2.75, 3.05) is 13.1 Å². The Morgan fingerprint density at radius 2 is 1.96 bits per heavy atom. The lowest BCUT2D eigenvalue weighted by Crippen LogP contribution is -2.49. The molecule has 3 aromatic rings. The Bertz CT molecular complexity index is 989.